The SMILES string of the molecule is CCSc1nc(C)cc(C(=O)NCCc2ccco2)n1. The molecule has 0 fully saturated rings. The van der Waals surface area contributed by atoms with E-state index in [4.69, 9.17) is 4.42 Å². The highest BCUT2D eigenvalue weighted by molar-refractivity contribution is 7.99. The van der Waals surface area contributed by atoms with Crippen molar-refractivity contribution in [2.24, 2.45) is 0 Å². The Morgan fingerprint density at radius 3 is 3.00 bits per heavy atom. The number of furan rings is 1. The molecule has 2 aromatic heterocycles. The van der Waals surface area contributed by atoms with Gasteiger partial charge in [0, 0.05) is 18.7 Å². The lowest BCUT2D eigenvalue weighted by Crippen LogP contribution is -2.26. The third-order valence-electron chi connectivity index (χ3n) is 2.58. The third-order valence-corrected chi connectivity index (χ3v) is 3.31. The summed E-state index contributed by atoms with van der Waals surface area (Å²) in [5, 5.41) is 3.48. The molecule has 0 spiro atoms. The van der Waals surface area contributed by atoms with E-state index in [0.29, 0.717) is 23.8 Å². The van der Waals surface area contributed by atoms with Crippen LogP contribution in [-0.4, -0.2) is 28.2 Å². The van der Waals surface area contributed by atoms with Gasteiger partial charge in [-0.1, -0.05) is 18.7 Å². The molecule has 2 aromatic rings. The molecule has 0 aliphatic carbocycles. The highest BCUT2D eigenvalue weighted by atomic mass is 32.2. The summed E-state index contributed by atoms with van der Waals surface area (Å²) >= 11 is 1.53. The van der Waals surface area contributed by atoms with Gasteiger partial charge in [-0.15, -0.1) is 0 Å². The minimum absolute atomic E-state index is 0.181. The van der Waals surface area contributed by atoms with E-state index >= 15 is 0 Å². The Morgan fingerprint density at radius 1 is 1.45 bits per heavy atom. The van der Waals surface area contributed by atoms with E-state index in [1.165, 1.54) is 11.8 Å². The van der Waals surface area contributed by atoms with Crippen LogP contribution in [0.4, 0.5) is 0 Å². The van der Waals surface area contributed by atoms with Crippen LogP contribution in [0.2, 0.25) is 0 Å². The van der Waals surface area contributed by atoms with Gasteiger partial charge < -0.3 is 9.73 Å². The molecule has 0 aliphatic heterocycles. The highest BCUT2D eigenvalue weighted by Gasteiger charge is 2.10. The molecule has 20 heavy (non-hydrogen) atoms. The van der Waals surface area contributed by atoms with E-state index in [-0.39, 0.29) is 5.91 Å². The molecule has 0 saturated heterocycles. The summed E-state index contributed by atoms with van der Waals surface area (Å²) in [6, 6.07) is 5.41. The molecule has 106 valence electrons. The maximum atomic E-state index is 12.0. The molecular formula is C14H17N3O2S. The Morgan fingerprint density at radius 2 is 2.30 bits per heavy atom. The number of hydrogen-bond donors (Lipinski definition) is 1. The smallest absolute Gasteiger partial charge is 0.270 e. The standard InChI is InChI=1S/C14H17N3O2S/c1-3-20-14-16-10(2)9-12(17-14)13(18)15-7-6-11-5-4-8-19-11/h4-5,8-9H,3,6-7H2,1-2H3,(H,15,18). The average Bonchev–Trinajstić information content (AvgIpc) is 2.91. The number of aryl methyl sites for hydroxylation is 1. The summed E-state index contributed by atoms with van der Waals surface area (Å²) in [7, 11) is 0. The van der Waals surface area contributed by atoms with Gasteiger partial charge in [0.1, 0.15) is 11.5 Å². The molecule has 5 nitrogen and oxygen atoms in total. The summed E-state index contributed by atoms with van der Waals surface area (Å²) in [4.78, 5) is 20.6. The Balaban J connectivity index is 1.94. The average molecular weight is 291 g/mol. The molecule has 0 aliphatic rings. The topological polar surface area (TPSA) is 68.0 Å². The summed E-state index contributed by atoms with van der Waals surface area (Å²) in [6.07, 6.45) is 2.29. The Kier molecular flexibility index (Phi) is 5.17. The van der Waals surface area contributed by atoms with Crippen LogP contribution in [0.1, 0.15) is 28.9 Å². The Bertz CT molecular complexity index is 570. The molecule has 0 atom stereocenters. The lowest BCUT2D eigenvalue weighted by atomic mass is 10.3. The minimum atomic E-state index is -0.181. The summed E-state index contributed by atoms with van der Waals surface area (Å²) in [5.74, 6) is 1.55. The molecule has 1 amide bonds. The maximum Gasteiger partial charge on any atom is 0.270 e. The predicted molar refractivity (Wildman–Crippen MR) is 77.9 cm³/mol. The number of carbonyl (C=O) groups excluding carboxylic acids is 1. The number of hydrogen-bond acceptors (Lipinski definition) is 5. The van der Waals surface area contributed by atoms with Crippen molar-refractivity contribution >= 4 is 17.7 Å². The van der Waals surface area contributed by atoms with Crippen LogP contribution in [0.15, 0.2) is 34.0 Å². The highest BCUT2D eigenvalue weighted by Crippen LogP contribution is 2.13. The van der Waals surface area contributed by atoms with E-state index in [9.17, 15) is 4.79 Å². The van der Waals surface area contributed by atoms with Gasteiger partial charge in [-0.2, -0.15) is 0 Å². The monoisotopic (exact) mass is 291 g/mol. The second kappa shape index (κ2) is 7.09. The second-order valence-electron chi connectivity index (χ2n) is 4.20. The van der Waals surface area contributed by atoms with Crippen LogP contribution in [0.3, 0.4) is 0 Å². The fourth-order valence-corrected chi connectivity index (χ4v) is 2.33. The number of carbonyl (C=O) groups is 1. The van der Waals surface area contributed by atoms with Crippen molar-refractivity contribution in [1.82, 2.24) is 15.3 Å². The normalized spacial score (nSPS) is 10.5. The maximum absolute atomic E-state index is 12.0. The van der Waals surface area contributed by atoms with E-state index in [0.717, 1.165) is 17.2 Å². The van der Waals surface area contributed by atoms with Crippen molar-refractivity contribution in [3.8, 4) is 0 Å². The Labute approximate surface area is 122 Å². The van der Waals surface area contributed by atoms with Crippen LogP contribution in [0.5, 0.6) is 0 Å². The van der Waals surface area contributed by atoms with Gasteiger partial charge in [0.25, 0.3) is 5.91 Å². The van der Waals surface area contributed by atoms with Crippen LogP contribution in [0, 0.1) is 6.92 Å². The van der Waals surface area contributed by atoms with Crippen LogP contribution in [-0.2, 0) is 6.42 Å². The Hall–Kier alpha value is -1.82. The first kappa shape index (κ1) is 14.6. The quantitative estimate of drug-likeness (QED) is 0.654. The van der Waals surface area contributed by atoms with Gasteiger partial charge >= 0.3 is 0 Å². The molecule has 0 unspecified atom stereocenters. The molecule has 0 aromatic carbocycles. The molecule has 6 heteroatoms. The number of amides is 1. The van der Waals surface area contributed by atoms with E-state index in [2.05, 4.69) is 15.3 Å². The largest absolute Gasteiger partial charge is 0.469 e. The van der Waals surface area contributed by atoms with Crippen molar-refractivity contribution in [3.63, 3.8) is 0 Å². The molecule has 0 saturated carbocycles. The first-order valence-electron chi connectivity index (χ1n) is 6.48. The zero-order chi connectivity index (χ0) is 14.4. The van der Waals surface area contributed by atoms with Gasteiger partial charge in [-0.3, -0.25) is 4.79 Å². The van der Waals surface area contributed by atoms with Crippen molar-refractivity contribution in [2.75, 3.05) is 12.3 Å². The second-order valence-corrected chi connectivity index (χ2v) is 5.43. The van der Waals surface area contributed by atoms with Gasteiger partial charge in [-0.05, 0) is 30.9 Å². The number of rotatable bonds is 6. The van der Waals surface area contributed by atoms with Gasteiger partial charge in [0.15, 0.2) is 5.16 Å². The number of thioether (sulfide) groups is 1. The van der Waals surface area contributed by atoms with Crippen molar-refractivity contribution in [3.05, 3.63) is 41.6 Å². The van der Waals surface area contributed by atoms with E-state index < -0.39 is 0 Å². The van der Waals surface area contributed by atoms with Crippen molar-refractivity contribution < 1.29 is 9.21 Å². The number of aromatic nitrogens is 2. The van der Waals surface area contributed by atoms with Crippen LogP contribution >= 0.6 is 11.8 Å². The zero-order valence-corrected chi connectivity index (χ0v) is 12.4. The van der Waals surface area contributed by atoms with E-state index in [1.54, 1.807) is 12.3 Å². The zero-order valence-electron chi connectivity index (χ0n) is 11.5. The fourth-order valence-electron chi connectivity index (χ4n) is 1.70. The summed E-state index contributed by atoms with van der Waals surface area (Å²) < 4.78 is 5.21. The lowest BCUT2D eigenvalue weighted by molar-refractivity contribution is 0.0947. The summed E-state index contributed by atoms with van der Waals surface area (Å²) in [5.41, 5.74) is 1.21. The van der Waals surface area contributed by atoms with Crippen LogP contribution in [0.25, 0.3) is 0 Å². The first-order chi connectivity index (χ1) is 9.69. The fraction of sp³-hybridized carbons (Fsp3) is 0.357. The van der Waals surface area contributed by atoms with Crippen LogP contribution < -0.4 is 5.32 Å². The number of nitrogens with zero attached hydrogens (tertiary/aromatic N) is 2. The molecule has 2 rings (SSSR count). The third kappa shape index (κ3) is 4.09. The number of nitrogens with one attached hydrogen (secondary N) is 1. The predicted octanol–water partition coefficient (Wildman–Crippen LogP) is 2.46. The summed E-state index contributed by atoms with van der Waals surface area (Å²) in [6.45, 7) is 4.41. The molecule has 0 bridgehead atoms. The molecule has 2 heterocycles. The molecular weight excluding hydrogens is 274 g/mol. The van der Waals surface area contributed by atoms with Crippen molar-refractivity contribution in [2.45, 2.75) is 25.4 Å². The lowest BCUT2D eigenvalue weighted by Gasteiger charge is -2.06. The van der Waals surface area contributed by atoms with Gasteiger partial charge in [0.05, 0.1) is 6.26 Å². The van der Waals surface area contributed by atoms with Gasteiger partial charge in [-0.25, -0.2) is 9.97 Å². The molecule has 1 N–H and O–H groups in total. The first-order valence-corrected chi connectivity index (χ1v) is 7.46. The van der Waals surface area contributed by atoms with Gasteiger partial charge in [0.2, 0.25) is 0 Å². The van der Waals surface area contributed by atoms with Crippen molar-refractivity contribution in [1.29, 1.82) is 0 Å². The minimum Gasteiger partial charge on any atom is -0.469 e. The molecule has 0 radical (unpaired) electrons. The van der Waals surface area contributed by atoms with E-state index in [1.807, 2.05) is 26.0 Å².